The molecule has 2 unspecified atom stereocenters. The highest BCUT2D eigenvalue weighted by atomic mass is 19.1. The maximum atomic E-state index is 13.7. The van der Waals surface area contributed by atoms with Gasteiger partial charge in [0.15, 0.2) is 5.54 Å². The van der Waals surface area contributed by atoms with Crippen molar-refractivity contribution in [3.63, 3.8) is 0 Å². The van der Waals surface area contributed by atoms with E-state index in [0.29, 0.717) is 16.8 Å². The summed E-state index contributed by atoms with van der Waals surface area (Å²) < 4.78 is 19.0. The minimum absolute atomic E-state index is 0.0537. The van der Waals surface area contributed by atoms with Crippen LogP contribution in [0.25, 0.3) is 0 Å². The van der Waals surface area contributed by atoms with Crippen LogP contribution in [0, 0.1) is 18.3 Å². The molecule has 0 fully saturated rings. The Morgan fingerprint density at radius 2 is 2.37 bits per heavy atom. The zero-order valence-corrected chi connectivity index (χ0v) is 14.5. The lowest BCUT2D eigenvalue weighted by atomic mass is 9.97. The monoisotopic (exact) mass is 368 g/mol. The van der Waals surface area contributed by atoms with Gasteiger partial charge in [-0.05, 0) is 30.7 Å². The van der Waals surface area contributed by atoms with Crippen molar-refractivity contribution in [2.75, 3.05) is 18.6 Å². The molecule has 2 atom stereocenters. The van der Waals surface area contributed by atoms with Crippen molar-refractivity contribution in [1.29, 1.82) is 5.26 Å². The first-order valence-corrected chi connectivity index (χ1v) is 8.11. The summed E-state index contributed by atoms with van der Waals surface area (Å²) in [5, 5.41) is 11.5. The number of nitrogens with one attached hydrogen (secondary N) is 1. The first-order valence-electron chi connectivity index (χ1n) is 8.11. The molecular formula is C18H17FN6O2. The fourth-order valence-corrected chi connectivity index (χ4v) is 2.62. The lowest BCUT2D eigenvalue weighted by molar-refractivity contribution is 0.0362. The van der Waals surface area contributed by atoms with Crippen LogP contribution in [0.1, 0.15) is 27.3 Å². The first kappa shape index (κ1) is 18.6. The Hall–Kier alpha value is -3.22. The van der Waals surface area contributed by atoms with Gasteiger partial charge in [-0.3, -0.25) is 9.79 Å². The molecule has 0 bridgehead atoms. The van der Waals surface area contributed by atoms with E-state index in [1.165, 1.54) is 12.4 Å². The number of pyridine rings is 2. The van der Waals surface area contributed by atoms with Gasteiger partial charge in [0, 0.05) is 12.4 Å². The zero-order chi connectivity index (χ0) is 19.4. The highest BCUT2D eigenvalue weighted by Gasteiger charge is 2.37. The summed E-state index contributed by atoms with van der Waals surface area (Å²) >= 11 is 0. The highest BCUT2D eigenvalue weighted by Crippen LogP contribution is 2.29. The van der Waals surface area contributed by atoms with Crippen LogP contribution in [-0.2, 0) is 10.3 Å². The number of nitrogens with two attached hydrogens (primary N) is 1. The van der Waals surface area contributed by atoms with E-state index < -0.39 is 24.3 Å². The van der Waals surface area contributed by atoms with Crippen LogP contribution in [0.15, 0.2) is 35.5 Å². The minimum atomic E-state index is -1.29. The Balaban J connectivity index is 1.85. The van der Waals surface area contributed by atoms with E-state index in [-0.39, 0.29) is 18.1 Å². The Kier molecular flexibility index (Phi) is 5.21. The molecule has 3 rings (SSSR count). The molecule has 0 spiro atoms. The number of hydrogen-bond acceptors (Lipinski definition) is 7. The third-order valence-corrected chi connectivity index (χ3v) is 4.09. The number of nitrogens with zero attached hydrogens (tertiary/aromatic N) is 4. The summed E-state index contributed by atoms with van der Waals surface area (Å²) in [6.45, 7) is 0.806. The van der Waals surface area contributed by atoms with Gasteiger partial charge in [0.05, 0.1) is 17.9 Å². The van der Waals surface area contributed by atoms with Crippen molar-refractivity contribution >= 4 is 17.9 Å². The highest BCUT2D eigenvalue weighted by molar-refractivity contribution is 6.03. The number of hydrogen-bond donors (Lipinski definition) is 2. The van der Waals surface area contributed by atoms with Gasteiger partial charge in [-0.15, -0.1) is 0 Å². The number of carbonyl (C=O) groups excluding carboxylic acids is 1. The number of nitriles is 1. The van der Waals surface area contributed by atoms with Crippen LogP contribution < -0.4 is 11.1 Å². The van der Waals surface area contributed by atoms with E-state index in [0.717, 1.165) is 0 Å². The Morgan fingerprint density at radius 3 is 3.00 bits per heavy atom. The molecule has 8 nitrogen and oxygen atoms in total. The van der Waals surface area contributed by atoms with Crippen molar-refractivity contribution in [3.8, 4) is 6.07 Å². The van der Waals surface area contributed by atoms with E-state index in [9.17, 15) is 9.18 Å². The zero-order valence-electron chi connectivity index (χ0n) is 14.5. The van der Waals surface area contributed by atoms with Crippen LogP contribution in [0.5, 0.6) is 0 Å². The number of halogens is 1. The van der Waals surface area contributed by atoms with Gasteiger partial charge in [0.25, 0.3) is 5.91 Å². The fourth-order valence-electron chi connectivity index (χ4n) is 2.62. The first-order chi connectivity index (χ1) is 13.0. The lowest BCUT2D eigenvalue weighted by Gasteiger charge is -2.31. The lowest BCUT2D eigenvalue weighted by Crippen LogP contribution is -2.43. The van der Waals surface area contributed by atoms with Crippen molar-refractivity contribution in [3.05, 3.63) is 53.0 Å². The molecule has 2 aromatic heterocycles. The van der Waals surface area contributed by atoms with Crippen LogP contribution in [0.2, 0.25) is 0 Å². The summed E-state index contributed by atoms with van der Waals surface area (Å²) in [6.07, 6.45) is 1.97. The molecule has 0 aromatic carbocycles. The maximum absolute atomic E-state index is 13.7. The third kappa shape index (κ3) is 3.81. The average Bonchev–Trinajstić information content (AvgIpc) is 2.69. The molecule has 138 valence electrons. The molecular weight excluding hydrogens is 351 g/mol. The normalized spacial score (nSPS) is 21.5. The van der Waals surface area contributed by atoms with Gasteiger partial charge < -0.3 is 15.8 Å². The second-order valence-electron chi connectivity index (χ2n) is 6.08. The molecule has 1 aliphatic rings. The number of aryl methyl sites for hydroxylation is 1. The molecule has 0 saturated carbocycles. The summed E-state index contributed by atoms with van der Waals surface area (Å²) in [4.78, 5) is 25.0. The number of rotatable bonds is 4. The molecule has 3 heterocycles. The molecule has 2 aromatic rings. The Bertz CT molecular complexity index is 942. The second kappa shape index (κ2) is 7.57. The average molecular weight is 368 g/mol. The van der Waals surface area contributed by atoms with Gasteiger partial charge in [-0.2, -0.15) is 5.26 Å². The summed E-state index contributed by atoms with van der Waals surface area (Å²) in [7, 11) is 0. The second-order valence-corrected chi connectivity index (χ2v) is 6.08. The smallest absolute Gasteiger partial charge is 0.275 e. The number of anilines is 1. The molecule has 0 aliphatic carbocycles. The topological polar surface area (TPSA) is 126 Å². The SMILES string of the molecule is Cc1cc(C#N)cnc1C(=O)Nc1cccc(C2(CF)COC(N)C=N2)n1. The van der Waals surface area contributed by atoms with Crippen LogP contribution in [-0.4, -0.2) is 41.6 Å². The fraction of sp³-hybridized carbons (Fsp3) is 0.278. The number of aromatic nitrogens is 2. The number of aliphatic imine (C=N–C) groups is 1. The van der Waals surface area contributed by atoms with Gasteiger partial charge >= 0.3 is 0 Å². The molecule has 9 heteroatoms. The minimum Gasteiger partial charge on any atom is -0.355 e. The van der Waals surface area contributed by atoms with Crippen molar-refractivity contribution in [2.24, 2.45) is 10.7 Å². The van der Waals surface area contributed by atoms with Crippen LogP contribution >= 0.6 is 0 Å². The van der Waals surface area contributed by atoms with Crippen LogP contribution in [0.3, 0.4) is 0 Å². The summed E-state index contributed by atoms with van der Waals surface area (Å²) in [6, 6.07) is 8.36. The van der Waals surface area contributed by atoms with E-state index in [1.807, 2.05) is 6.07 Å². The standard InChI is InChI=1S/C18H17FN6O2/c1-11-5-12(6-20)7-22-16(11)17(26)25-15-4-2-3-13(24-15)18(9-19)10-27-14(21)8-23-18/h2-5,7-8,14H,9-10,21H2,1H3,(H,24,25,26). The van der Waals surface area contributed by atoms with Gasteiger partial charge in [0.1, 0.15) is 30.5 Å². The molecule has 0 radical (unpaired) electrons. The largest absolute Gasteiger partial charge is 0.355 e. The van der Waals surface area contributed by atoms with E-state index in [2.05, 4.69) is 20.3 Å². The van der Waals surface area contributed by atoms with E-state index in [4.69, 9.17) is 15.7 Å². The van der Waals surface area contributed by atoms with Gasteiger partial charge in [-0.1, -0.05) is 6.07 Å². The van der Waals surface area contributed by atoms with Crippen LogP contribution in [0.4, 0.5) is 10.2 Å². The molecule has 3 N–H and O–H groups in total. The molecule has 27 heavy (non-hydrogen) atoms. The molecule has 0 saturated heterocycles. The summed E-state index contributed by atoms with van der Waals surface area (Å²) in [5.41, 5.74) is 5.70. The number of amides is 1. The molecule has 1 aliphatic heterocycles. The van der Waals surface area contributed by atoms with Gasteiger partial charge in [-0.25, -0.2) is 14.4 Å². The summed E-state index contributed by atoms with van der Waals surface area (Å²) in [5.74, 6) is -0.262. The van der Waals surface area contributed by atoms with E-state index in [1.54, 1.807) is 31.2 Å². The van der Waals surface area contributed by atoms with Crippen molar-refractivity contribution < 1.29 is 13.9 Å². The van der Waals surface area contributed by atoms with Crippen molar-refractivity contribution in [1.82, 2.24) is 9.97 Å². The number of alkyl halides is 1. The maximum Gasteiger partial charge on any atom is 0.275 e. The predicted molar refractivity (Wildman–Crippen MR) is 96.0 cm³/mol. The Morgan fingerprint density at radius 1 is 1.56 bits per heavy atom. The Labute approximate surface area is 154 Å². The van der Waals surface area contributed by atoms with E-state index >= 15 is 0 Å². The van der Waals surface area contributed by atoms with Gasteiger partial charge in [0.2, 0.25) is 0 Å². The quantitative estimate of drug-likeness (QED) is 0.841. The number of carbonyl (C=O) groups is 1. The number of ether oxygens (including phenoxy) is 1. The molecule has 1 amide bonds. The van der Waals surface area contributed by atoms with Crippen molar-refractivity contribution in [2.45, 2.75) is 18.7 Å². The predicted octanol–water partition coefficient (Wildman–Crippen LogP) is 1.46. The third-order valence-electron chi connectivity index (χ3n) is 4.09.